The molecule has 7 nitrogen and oxygen atoms in total. The molecule has 5 rings (SSSR count). The van der Waals surface area contributed by atoms with Gasteiger partial charge >= 0.3 is 5.97 Å². The third kappa shape index (κ3) is 2.86. The number of hydrogen-bond acceptors (Lipinski definition) is 6. The number of hydrogen-bond donors (Lipinski definition) is 0. The summed E-state index contributed by atoms with van der Waals surface area (Å²) in [7, 11) is 0. The molecule has 0 N–H and O–H groups in total. The topological polar surface area (TPSA) is 97.8 Å². The standard InChI is InChI=1S/C25H15NO6/c27-21-14-6-1-2-7-15(14)22(28)20-18(21)10-5-11-19(20)25(31)32-13-12-26-23(29)16-8-3-4-9-17(16)24(26)30/h1-11H,12-13H2. The summed E-state index contributed by atoms with van der Waals surface area (Å²) in [4.78, 5) is 64.5. The van der Waals surface area contributed by atoms with Gasteiger partial charge in [-0.1, -0.05) is 48.5 Å². The summed E-state index contributed by atoms with van der Waals surface area (Å²) in [5.74, 6) is -2.47. The Hall–Kier alpha value is -4.39. The maximum atomic E-state index is 13.0. The normalized spacial score (nSPS) is 14.2. The number of carbonyl (C=O) groups excluding carboxylic acids is 5. The fourth-order valence-corrected chi connectivity index (χ4v) is 4.06. The van der Waals surface area contributed by atoms with Gasteiger partial charge in [0.2, 0.25) is 0 Å². The quantitative estimate of drug-likeness (QED) is 0.368. The molecule has 2 amide bonds. The molecule has 0 unspecified atom stereocenters. The Bertz CT molecular complexity index is 1320. The zero-order chi connectivity index (χ0) is 22.4. The van der Waals surface area contributed by atoms with E-state index in [0.717, 1.165) is 4.90 Å². The van der Waals surface area contributed by atoms with Crippen molar-refractivity contribution >= 4 is 29.4 Å². The number of rotatable bonds is 4. The largest absolute Gasteiger partial charge is 0.460 e. The van der Waals surface area contributed by atoms with Crippen LogP contribution in [0.1, 0.15) is 62.9 Å². The summed E-state index contributed by atoms with van der Waals surface area (Å²) in [6.07, 6.45) is 0. The number of ether oxygens (including phenoxy) is 1. The average Bonchev–Trinajstić information content (AvgIpc) is 3.07. The third-order valence-corrected chi connectivity index (χ3v) is 5.60. The molecule has 0 radical (unpaired) electrons. The van der Waals surface area contributed by atoms with Gasteiger partial charge in [-0.2, -0.15) is 0 Å². The number of fused-ring (bicyclic) bond motifs is 3. The smallest absolute Gasteiger partial charge is 0.338 e. The molecule has 0 bridgehead atoms. The molecular weight excluding hydrogens is 410 g/mol. The Morgan fingerprint density at radius 2 is 1.19 bits per heavy atom. The number of ketones is 2. The van der Waals surface area contributed by atoms with Gasteiger partial charge in [0.1, 0.15) is 6.61 Å². The highest BCUT2D eigenvalue weighted by molar-refractivity contribution is 6.30. The number of nitrogens with zero attached hydrogens (tertiary/aromatic N) is 1. The van der Waals surface area contributed by atoms with Gasteiger partial charge in [-0.3, -0.25) is 24.1 Å². The molecule has 7 heteroatoms. The molecule has 0 atom stereocenters. The minimum Gasteiger partial charge on any atom is -0.460 e. The summed E-state index contributed by atoms with van der Waals surface area (Å²) in [5, 5.41) is 0. The van der Waals surface area contributed by atoms with Crippen LogP contribution in [0.4, 0.5) is 0 Å². The van der Waals surface area contributed by atoms with Crippen molar-refractivity contribution in [1.82, 2.24) is 4.90 Å². The molecule has 0 saturated heterocycles. The SMILES string of the molecule is O=C(OCCN1C(=O)c2ccccc2C1=O)c1cccc2c1C(=O)c1ccccc1C2=O. The van der Waals surface area contributed by atoms with Crippen LogP contribution in [-0.2, 0) is 4.74 Å². The highest BCUT2D eigenvalue weighted by Crippen LogP contribution is 2.30. The molecule has 2 aliphatic rings. The molecule has 1 heterocycles. The predicted octanol–water partition coefficient (Wildman–Crippen LogP) is 2.92. The zero-order valence-corrected chi connectivity index (χ0v) is 16.7. The van der Waals surface area contributed by atoms with Gasteiger partial charge in [-0.15, -0.1) is 0 Å². The van der Waals surface area contributed by atoms with Crippen LogP contribution in [0.15, 0.2) is 66.7 Å². The van der Waals surface area contributed by atoms with Crippen LogP contribution in [0.2, 0.25) is 0 Å². The van der Waals surface area contributed by atoms with E-state index in [0.29, 0.717) is 16.7 Å². The van der Waals surface area contributed by atoms with Gasteiger partial charge in [0, 0.05) is 22.3 Å². The van der Waals surface area contributed by atoms with Crippen LogP contribution < -0.4 is 0 Å². The van der Waals surface area contributed by atoms with Crippen LogP contribution in [0.3, 0.4) is 0 Å². The highest BCUT2D eigenvalue weighted by Gasteiger charge is 2.36. The maximum absolute atomic E-state index is 13.0. The first-order chi connectivity index (χ1) is 15.5. The van der Waals surface area contributed by atoms with E-state index in [9.17, 15) is 24.0 Å². The maximum Gasteiger partial charge on any atom is 0.338 e. The van der Waals surface area contributed by atoms with Crippen molar-refractivity contribution in [2.24, 2.45) is 0 Å². The monoisotopic (exact) mass is 425 g/mol. The number of imide groups is 1. The van der Waals surface area contributed by atoms with E-state index < -0.39 is 23.6 Å². The van der Waals surface area contributed by atoms with Gasteiger partial charge in [0.05, 0.1) is 23.2 Å². The van der Waals surface area contributed by atoms with E-state index in [-0.39, 0.29) is 41.2 Å². The summed E-state index contributed by atoms with van der Waals surface area (Å²) in [5.41, 5.74) is 1.26. The molecule has 32 heavy (non-hydrogen) atoms. The molecule has 3 aromatic carbocycles. The van der Waals surface area contributed by atoms with Crippen LogP contribution in [0, 0.1) is 0 Å². The average molecular weight is 425 g/mol. The third-order valence-electron chi connectivity index (χ3n) is 5.60. The molecule has 0 saturated carbocycles. The Morgan fingerprint density at radius 3 is 1.81 bits per heavy atom. The van der Waals surface area contributed by atoms with Crippen molar-refractivity contribution in [2.75, 3.05) is 13.2 Å². The van der Waals surface area contributed by atoms with E-state index >= 15 is 0 Å². The molecule has 0 aromatic heterocycles. The van der Waals surface area contributed by atoms with Gasteiger partial charge < -0.3 is 4.74 Å². The lowest BCUT2D eigenvalue weighted by Gasteiger charge is -2.19. The first-order valence-electron chi connectivity index (χ1n) is 9.93. The van der Waals surface area contributed by atoms with E-state index in [1.807, 2.05) is 0 Å². The van der Waals surface area contributed by atoms with Crippen LogP contribution >= 0.6 is 0 Å². The Morgan fingerprint density at radius 1 is 0.656 bits per heavy atom. The molecule has 156 valence electrons. The van der Waals surface area contributed by atoms with Crippen molar-refractivity contribution in [3.05, 3.63) is 106 Å². The number of benzene rings is 3. The van der Waals surface area contributed by atoms with Gasteiger partial charge in [0.25, 0.3) is 11.8 Å². The lowest BCUT2D eigenvalue weighted by molar-refractivity contribution is 0.0419. The first kappa shape index (κ1) is 19.6. The molecule has 0 spiro atoms. The number of amides is 2. The molecule has 1 aliphatic heterocycles. The summed E-state index contributed by atoms with van der Waals surface area (Å²) >= 11 is 0. The highest BCUT2D eigenvalue weighted by atomic mass is 16.5. The van der Waals surface area contributed by atoms with E-state index in [4.69, 9.17) is 4.74 Å². The van der Waals surface area contributed by atoms with Gasteiger partial charge in [-0.25, -0.2) is 4.79 Å². The van der Waals surface area contributed by atoms with Crippen molar-refractivity contribution in [2.45, 2.75) is 0 Å². The Kier molecular flexibility index (Phi) is 4.52. The lowest BCUT2D eigenvalue weighted by atomic mass is 9.82. The molecule has 0 fully saturated rings. The minimum absolute atomic E-state index is 0.00179. The Balaban J connectivity index is 1.35. The second-order valence-electron chi connectivity index (χ2n) is 7.38. The molecular formula is C25H15NO6. The zero-order valence-electron chi connectivity index (χ0n) is 16.7. The van der Waals surface area contributed by atoms with Gasteiger partial charge in [0.15, 0.2) is 11.6 Å². The fourth-order valence-electron chi connectivity index (χ4n) is 4.06. The van der Waals surface area contributed by atoms with E-state index in [1.165, 1.54) is 18.2 Å². The lowest BCUT2D eigenvalue weighted by Crippen LogP contribution is -2.33. The van der Waals surface area contributed by atoms with Crippen molar-refractivity contribution in [1.29, 1.82) is 0 Å². The first-order valence-corrected chi connectivity index (χ1v) is 9.93. The summed E-state index contributed by atoms with van der Waals surface area (Å²) < 4.78 is 5.27. The number of carbonyl (C=O) groups is 5. The molecule has 3 aromatic rings. The fraction of sp³-hybridized carbons (Fsp3) is 0.0800. The summed E-state index contributed by atoms with van der Waals surface area (Å²) in [6, 6.07) is 17.3. The van der Waals surface area contributed by atoms with Crippen LogP contribution in [-0.4, -0.2) is 47.4 Å². The van der Waals surface area contributed by atoms with Crippen molar-refractivity contribution < 1.29 is 28.7 Å². The molecule has 1 aliphatic carbocycles. The van der Waals surface area contributed by atoms with Crippen LogP contribution in [0.25, 0.3) is 0 Å². The van der Waals surface area contributed by atoms with Crippen molar-refractivity contribution in [3.8, 4) is 0 Å². The minimum atomic E-state index is -0.806. The number of esters is 1. The van der Waals surface area contributed by atoms with E-state index in [2.05, 4.69) is 0 Å². The van der Waals surface area contributed by atoms with Gasteiger partial charge in [-0.05, 0) is 18.2 Å². The van der Waals surface area contributed by atoms with Crippen molar-refractivity contribution in [3.63, 3.8) is 0 Å². The summed E-state index contributed by atoms with van der Waals surface area (Å²) in [6.45, 7) is -0.366. The second-order valence-corrected chi connectivity index (χ2v) is 7.38. The predicted molar refractivity (Wildman–Crippen MR) is 112 cm³/mol. The van der Waals surface area contributed by atoms with E-state index in [1.54, 1.807) is 48.5 Å². The van der Waals surface area contributed by atoms with Crippen LogP contribution in [0.5, 0.6) is 0 Å². The second kappa shape index (κ2) is 7.39. The Labute approximate surface area is 182 Å².